The number of nitrogens with zero attached hydrogens (tertiary/aromatic N) is 8. The lowest BCUT2D eigenvalue weighted by Crippen LogP contribution is -1.92. The zero-order valence-corrected chi connectivity index (χ0v) is 21.7. The van der Waals surface area contributed by atoms with Crippen LogP contribution in [0.3, 0.4) is 0 Å². The smallest absolute Gasteiger partial charge is 0.169 e. The molecule has 3 aromatic heterocycles. The van der Waals surface area contributed by atoms with E-state index in [0.29, 0.717) is 56.7 Å². The van der Waals surface area contributed by atoms with Crippen molar-refractivity contribution in [1.29, 1.82) is 0 Å². The Balaban J connectivity index is 1.55. The summed E-state index contributed by atoms with van der Waals surface area (Å²) in [6.07, 6.45) is 0. The van der Waals surface area contributed by atoms with Crippen molar-refractivity contribution < 1.29 is 0 Å². The first kappa shape index (κ1) is 22.6. The Labute approximate surface area is 236 Å². The molecule has 0 fully saturated rings. The number of fused-ring (bicyclic) bond motifs is 20. The largest absolute Gasteiger partial charge is 0.324 e. The molecule has 5 heterocycles. The van der Waals surface area contributed by atoms with Gasteiger partial charge in [-0.25, -0.2) is 29.9 Å². The SMILES string of the molecule is O=Nn1c2nc3nc(nc4[nH]c(nc5nc(nc1c1ccccc12)-c1ccccc1-5)c1ccccc41)-c1ccccc1-3. The van der Waals surface area contributed by atoms with Gasteiger partial charge < -0.3 is 4.98 Å². The number of hydrogen-bond acceptors (Lipinski definition) is 8. The molecular weight excluding hydrogens is 526 g/mol. The van der Waals surface area contributed by atoms with Crippen LogP contribution in [0.25, 0.3) is 89.7 Å². The number of benzene rings is 4. The lowest BCUT2D eigenvalue weighted by atomic mass is 10.1. The Kier molecular flexibility index (Phi) is 4.54. The quantitative estimate of drug-likeness (QED) is 0.224. The van der Waals surface area contributed by atoms with Gasteiger partial charge in [0.15, 0.2) is 34.6 Å². The zero-order chi connectivity index (χ0) is 27.8. The molecule has 0 saturated heterocycles. The molecule has 42 heavy (non-hydrogen) atoms. The first-order valence-corrected chi connectivity index (χ1v) is 13.3. The van der Waals surface area contributed by atoms with E-state index in [1.54, 1.807) is 0 Å². The monoisotopic (exact) mass is 543 g/mol. The minimum absolute atomic E-state index is 0.328. The van der Waals surface area contributed by atoms with E-state index in [0.717, 1.165) is 33.0 Å². The van der Waals surface area contributed by atoms with Crippen molar-refractivity contribution in [2.24, 2.45) is 5.29 Å². The van der Waals surface area contributed by atoms with Crippen LogP contribution in [0, 0.1) is 4.91 Å². The molecule has 1 N–H and O–H groups in total. The first-order valence-electron chi connectivity index (χ1n) is 13.3. The number of hydrogen-bond donors (Lipinski definition) is 1. The molecule has 0 saturated carbocycles. The number of aromatic nitrogens is 8. The fourth-order valence-electron chi connectivity index (χ4n) is 5.75. The van der Waals surface area contributed by atoms with Crippen LogP contribution >= 0.6 is 0 Å². The summed E-state index contributed by atoms with van der Waals surface area (Å²) in [7, 11) is 0. The molecule has 10 nitrogen and oxygen atoms in total. The predicted molar refractivity (Wildman–Crippen MR) is 161 cm³/mol. The van der Waals surface area contributed by atoms with Crippen LogP contribution in [0.5, 0.6) is 0 Å². The summed E-state index contributed by atoms with van der Waals surface area (Å²) >= 11 is 0. The molecule has 0 spiro atoms. The Bertz CT molecular complexity index is 2300. The average molecular weight is 544 g/mol. The summed E-state index contributed by atoms with van der Waals surface area (Å²) in [6.45, 7) is 0. The molecule has 10 heteroatoms. The van der Waals surface area contributed by atoms with E-state index in [9.17, 15) is 4.91 Å². The third-order valence-corrected chi connectivity index (χ3v) is 7.67. The van der Waals surface area contributed by atoms with E-state index in [4.69, 9.17) is 29.9 Å². The number of H-pyrrole nitrogens is 1. The molecule has 0 radical (unpaired) electrons. The Morgan fingerprint density at radius 1 is 0.452 bits per heavy atom. The van der Waals surface area contributed by atoms with Gasteiger partial charge >= 0.3 is 0 Å². The minimum atomic E-state index is 0.328. The number of rotatable bonds is 1. The lowest BCUT2D eigenvalue weighted by Gasteiger charge is -1.97. The maximum absolute atomic E-state index is 12.4. The molecule has 2 aliphatic heterocycles. The number of nitroso groups, excluding NO2 is 1. The van der Waals surface area contributed by atoms with Gasteiger partial charge in [0, 0.05) is 43.8 Å². The van der Waals surface area contributed by atoms with E-state index >= 15 is 0 Å². The first-order chi connectivity index (χ1) is 20.8. The van der Waals surface area contributed by atoms with E-state index in [1.165, 1.54) is 4.68 Å². The second-order valence-corrected chi connectivity index (χ2v) is 10.0. The summed E-state index contributed by atoms with van der Waals surface area (Å²) in [5.74, 6) is 1.85. The van der Waals surface area contributed by atoms with Crippen molar-refractivity contribution in [3.63, 3.8) is 0 Å². The molecule has 0 unspecified atom stereocenters. The van der Waals surface area contributed by atoms with Crippen LogP contribution in [0.4, 0.5) is 0 Å². The molecule has 7 aromatic rings. The molecule has 196 valence electrons. The van der Waals surface area contributed by atoms with Crippen LogP contribution in [-0.2, 0) is 0 Å². The van der Waals surface area contributed by atoms with Crippen molar-refractivity contribution in [3.05, 3.63) is 102 Å². The second-order valence-electron chi connectivity index (χ2n) is 10.0. The summed E-state index contributed by atoms with van der Waals surface area (Å²) in [4.78, 5) is 45.3. The van der Waals surface area contributed by atoms with Crippen LogP contribution in [-0.4, -0.2) is 39.6 Å². The summed E-state index contributed by atoms with van der Waals surface area (Å²) in [5.41, 5.74) is 5.17. The molecule has 0 aliphatic carbocycles. The standard InChI is InChI=1S/C32H17N9O/c42-40-41-31-23-15-7-8-16-24(23)32(41)39-30-22-14-6-4-12-20(22)28(37-30)35-26-18-10-2-1-9-17(18)25(33-26)34-27-19-11-3-5-13-21(19)29(36-27)38-31/h1-16H,(H,33,34,35,36,37,38,39). The van der Waals surface area contributed by atoms with E-state index in [1.807, 2.05) is 97.1 Å². The van der Waals surface area contributed by atoms with E-state index in [2.05, 4.69) is 10.3 Å². The van der Waals surface area contributed by atoms with Gasteiger partial charge in [-0.3, -0.25) is 0 Å². The topological polar surface area (TPSA) is 127 Å². The van der Waals surface area contributed by atoms with Gasteiger partial charge in [-0.1, -0.05) is 97.1 Å². The van der Waals surface area contributed by atoms with Crippen LogP contribution in [0.1, 0.15) is 0 Å². The predicted octanol–water partition coefficient (Wildman–Crippen LogP) is 6.87. The maximum atomic E-state index is 12.4. The van der Waals surface area contributed by atoms with Crippen molar-refractivity contribution in [2.75, 3.05) is 0 Å². The van der Waals surface area contributed by atoms with Crippen molar-refractivity contribution in [2.45, 2.75) is 0 Å². The highest BCUT2D eigenvalue weighted by molar-refractivity contribution is 6.06. The molecule has 2 aliphatic rings. The molecule has 0 atom stereocenters. The number of aromatic amines is 1. The fraction of sp³-hybridized carbons (Fsp3) is 0. The van der Waals surface area contributed by atoms with Crippen molar-refractivity contribution in [1.82, 2.24) is 39.6 Å². The third kappa shape index (κ3) is 3.14. The Morgan fingerprint density at radius 2 is 0.810 bits per heavy atom. The lowest BCUT2D eigenvalue weighted by molar-refractivity contribution is 0.917. The number of nitrogens with one attached hydrogen (secondary N) is 1. The second kappa shape index (κ2) is 8.42. The Hall–Kier alpha value is -6.16. The maximum Gasteiger partial charge on any atom is 0.169 e. The van der Waals surface area contributed by atoms with Gasteiger partial charge in [-0.05, 0) is 0 Å². The van der Waals surface area contributed by atoms with Gasteiger partial charge in [0.2, 0.25) is 0 Å². The normalized spacial score (nSPS) is 11.9. The van der Waals surface area contributed by atoms with E-state index in [-0.39, 0.29) is 0 Å². The average Bonchev–Trinajstić information content (AvgIpc) is 3.75. The van der Waals surface area contributed by atoms with Gasteiger partial charge in [-0.15, -0.1) is 4.91 Å². The van der Waals surface area contributed by atoms with Crippen LogP contribution in [0.15, 0.2) is 102 Å². The van der Waals surface area contributed by atoms with Crippen LogP contribution < -0.4 is 0 Å². The molecular formula is C32H17N9O. The Morgan fingerprint density at radius 3 is 1.21 bits per heavy atom. The van der Waals surface area contributed by atoms with Gasteiger partial charge in [0.05, 0.1) is 5.29 Å². The molecule has 9 rings (SSSR count). The van der Waals surface area contributed by atoms with Crippen LogP contribution in [0.2, 0.25) is 0 Å². The van der Waals surface area contributed by atoms with Gasteiger partial charge in [-0.2, -0.15) is 4.68 Å². The minimum Gasteiger partial charge on any atom is -0.324 e. The summed E-state index contributed by atoms with van der Waals surface area (Å²) < 4.78 is 1.21. The molecule has 0 amide bonds. The fourth-order valence-corrected chi connectivity index (χ4v) is 5.75. The molecule has 8 bridgehead atoms. The van der Waals surface area contributed by atoms with Gasteiger partial charge in [0.25, 0.3) is 0 Å². The summed E-state index contributed by atoms with van der Waals surface area (Å²) in [6, 6.07) is 31.0. The highest BCUT2D eigenvalue weighted by Gasteiger charge is 2.23. The highest BCUT2D eigenvalue weighted by Crippen LogP contribution is 2.37. The van der Waals surface area contributed by atoms with Crippen molar-refractivity contribution >= 4 is 44.1 Å². The summed E-state index contributed by atoms with van der Waals surface area (Å²) in [5, 5.41) is 6.60. The van der Waals surface area contributed by atoms with Crippen molar-refractivity contribution in [3.8, 4) is 45.6 Å². The molecule has 4 aromatic carbocycles. The zero-order valence-electron chi connectivity index (χ0n) is 21.7. The third-order valence-electron chi connectivity index (χ3n) is 7.67. The van der Waals surface area contributed by atoms with Gasteiger partial charge in [0.1, 0.15) is 11.3 Å². The highest BCUT2D eigenvalue weighted by atomic mass is 16.3. The van der Waals surface area contributed by atoms with E-state index < -0.39 is 0 Å².